The summed E-state index contributed by atoms with van der Waals surface area (Å²) in [4.78, 5) is 18.1. The lowest BCUT2D eigenvalue weighted by molar-refractivity contribution is -0.137. The van der Waals surface area contributed by atoms with Crippen molar-refractivity contribution in [3.63, 3.8) is 0 Å². The summed E-state index contributed by atoms with van der Waals surface area (Å²) in [6.07, 6.45) is 5.33. The molecule has 0 spiro atoms. The van der Waals surface area contributed by atoms with Gasteiger partial charge < -0.3 is 14.4 Å². The fourth-order valence-electron chi connectivity index (χ4n) is 2.79. The van der Waals surface area contributed by atoms with Gasteiger partial charge in [0.15, 0.2) is 6.61 Å². The van der Waals surface area contributed by atoms with Gasteiger partial charge in [0.05, 0.1) is 12.7 Å². The predicted octanol–water partition coefficient (Wildman–Crippen LogP) is 2.81. The molecule has 0 aliphatic carbocycles. The topological polar surface area (TPSA) is 51.7 Å². The van der Waals surface area contributed by atoms with Crippen LogP contribution in [0.2, 0.25) is 0 Å². The molecular formula is C19H21FN2O3. The van der Waals surface area contributed by atoms with E-state index in [9.17, 15) is 9.18 Å². The Bertz CT molecular complexity index is 696. The van der Waals surface area contributed by atoms with Gasteiger partial charge in [-0.2, -0.15) is 0 Å². The van der Waals surface area contributed by atoms with E-state index in [2.05, 4.69) is 4.98 Å². The van der Waals surface area contributed by atoms with E-state index < -0.39 is 0 Å². The number of hydrogen-bond acceptors (Lipinski definition) is 4. The number of hydrogen-bond donors (Lipinski definition) is 0. The lowest BCUT2D eigenvalue weighted by atomic mass is 10.1. The summed E-state index contributed by atoms with van der Waals surface area (Å²) >= 11 is 0. The number of carbonyl (C=O) groups excluding carboxylic acids is 1. The standard InChI is InChI=1S/C19H21FN2O3/c20-16-5-1-6-17(10-16)25-14-19(23)22-9-3-7-18(12-22)24-13-15-4-2-8-21-11-15/h1-2,4-6,8,10-11,18H,3,7,9,12-14H2/t18-/m0/s1. The average Bonchev–Trinajstić information content (AvgIpc) is 2.65. The summed E-state index contributed by atoms with van der Waals surface area (Å²) in [6.45, 7) is 1.63. The zero-order chi connectivity index (χ0) is 17.5. The van der Waals surface area contributed by atoms with Crippen molar-refractivity contribution >= 4 is 5.91 Å². The molecule has 3 rings (SSSR count). The minimum atomic E-state index is -0.383. The third-order valence-electron chi connectivity index (χ3n) is 4.10. The summed E-state index contributed by atoms with van der Waals surface area (Å²) in [5.41, 5.74) is 1.01. The van der Waals surface area contributed by atoms with Crippen LogP contribution in [0.4, 0.5) is 4.39 Å². The fraction of sp³-hybridized carbons (Fsp3) is 0.368. The van der Waals surface area contributed by atoms with E-state index in [0.29, 0.717) is 25.4 Å². The van der Waals surface area contributed by atoms with Crippen LogP contribution in [0.5, 0.6) is 5.75 Å². The maximum absolute atomic E-state index is 13.1. The minimum Gasteiger partial charge on any atom is -0.484 e. The molecule has 1 amide bonds. The number of pyridine rings is 1. The van der Waals surface area contributed by atoms with E-state index in [1.807, 2.05) is 12.1 Å². The van der Waals surface area contributed by atoms with Crippen molar-refractivity contribution in [3.8, 4) is 5.75 Å². The summed E-state index contributed by atoms with van der Waals surface area (Å²) in [5, 5.41) is 0. The predicted molar refractivity (Wildman–Crippen MR) is 90.5 cm³/mol. The van der Waals surface area contributed by atoms with E-state index in [-0.39, 0.29) is 24.4 Å². The zero-order valence-corrected chi connectivity index (χ0v) is 13.9. The molecule has 1 aliphatic rings. The number of halogens is 1. The molecule has 2 aromatic rings. The van der Waals surface area contributed by atoms with Gasteiger partial charge in [-0.15, -0.1) is 0 Å². The molecule has 5 nitrogen and oxygen atoms in total. The van der Waals surface area contributed by atoms with Gasteiger partial charge in [-0.25, -0.2) is 4.39 Å². The normalized spacial score (nSPS) is 17.3. The second-order valence-electron chi connectivity index (χ2n) is 6.02. The molecule has 2 heterocycles. The SMILES string of the molecule is O=C(COc1cccc(F)c1)N1CCC[C@H](OCc2cccnc2)C1. The molecular weight excluding hydrogens is 323 g/mol. The number of benzene rings is 1. The number of ether oxygens (including phenoxy) is 2. The highest BCUT2D eigenvalue weighted by atomic mass is 19.1. The molecule has 6 heteroatoms. The third kappa shape index (κ3) is 5.26. The molecule has 1 aromatic carbocycles. The smallest absolute Gasteiger partial charge is 0.260 e. The summed E-state index contributed by atoms with van der Waals surface area (Å²) in [5.74, 6) is -0.138. The van der Waals surface area contributed by atoms with Gasteiger partial charge in [0.2, 0.25) is 0 Å². The Balaban J connectivity index is 1.46. The molecule has 1 saturated heterocycles. The molecule has 0 bridgehead atoms. The molecule has 1 aromatic heterocycles. The van der Waals surface area contributed by atoms with E-state index in [1.165, 1.54) is 12.1 Å². The highest BCUT2D eigenvalue weighted by Gasteiger charge is 2.24. The van der Waals surface area contributed by atoms with Crippen molar-refractivity contribution in [1.29, 1.82) is 0 Å². The van der Waals surface area contributed by atoms with Gasteiger partial charge >= 0.3 is 0 Å². The van der Waals surface area contributed by atoms with Crippen LogP contribution in [0.15, 0.2) is 48.8 Å². The molecule has 132 valence electrons. The van der Waals surface area contributed by atoms with Crippen LogP contribution >= 0.6 is 0 Å². The number of likely N-dealkylation sites (tertiary alicyclic amines) is 1. The van der Waals surface area contributed by atoms with Crippen LogP contribution in [0.3, 0.4) is 0 Å². The van der Waals surface area contributed by atoms with Crippen LogP contribution in [-0.2, 0) is 16.1 Å². The fourth-order valence-corrected chi connectivity index (χ4v) is 2.79. The van der Waals surface area contributed by atoms with E-state index in [0.717, 1.165) is 18.4 Å². The lowest BCUT2D eigenvalue weighted by Gasteiger charge is -2.32. The van der Waals surface area contributed by atoms with Gasteiger partial charge in [0, 0.05) is 31.5 Å². The monoisotopic (exact) mass is 344 g/mol. The molecule has 0 radical (unpaired) electrons. The molecule has 0 N–H and O–H groups in total. The molecule has 25 heavy (non-hydrogen) atoms. The number of amides is 1. The average molecular weight is 344 g/mol. The van der Waals surface area contributed by atoms with E-state index in [1.54, 1.807) is 29.4 Å². The van der Waals surface area contributed by atoms with Crippen LogP contribution in [0, 0.1) is 5.82 Å². The van der Waals surface area contributed by atoms with E-state index in [4.69, 9.17) is 9.47 Å². The number of nitrogens with zero attached hydrogens (tertiary/aromatic N) is 2. The largest absolute Gasteiger partial charge is 0.484 e. The van der Waals surface area contributed by atoms with Gasteiger partial charge in [-0.3, -0.25) is 9.78 Å². The van der Waals surface area contributed by atoms with Crippen LogP contribution in [0.25, 0.3) is 0 Å². The summed E-state index contributed by atoms with van der Waals surface area (Å²) < 4.78 is 24.4. The van der Waals surface area contributed by atoms with Gasteiger partial charge in [0.1, 0.15) is 11.6 Å². The Morgan fingerprint density at radius 3 is 3.04 bits per heavy atom. The van der Waals surface area contributed by atoms with Gasteiger partial charge in [0.25, 0.3) is 5.91 Å². The number of carbonyl (C=O) groups is 1. The molecule has 0 saturated carbocycles. The third-order valence-corrected chi connectivity index (χ3v) is 4.10. The van der Waals surface area contributed by atoms with Crippen molar-refractivity contribution in [3.05, 3.63) is 60.2 Å². The highest BCUT2D eigenvalue weighted by Crippen LogP contribution is 2.16. The first-order valence-corrected chi connectivity index (χ1v) is 8.37. The van der Waals surface area contributed by atoms with Crippen molar-refractivity contribution in [2.24, 2.45) is 0 Å². The van der Waals surface area contributed by atoms with Gasteiger partial charge in [-0.1, -0.05) is 12.1 Å². The van der Waals surface area contributed by atoms with Gasteiger partial charge in [-0.05, 0) is 36.6 Å². The van der Waals surface area contributed by atoms with Crippen LogP contribution in [-0.4, -0.2) is 41.6 Å². The highest BCUT2D eigenvalue weighted by molar-refractivity contribution is 5.77. The zero-order valence-electron chi connectivity index (χ0n) is 13.9. The molecule has 1 atom stereocenters. The van der Waals surface area contributed by atoms with Crippen molar-refractivity contribution in [1.82, 2.24) is 9.88 Å². The first-order chi connectivity index (χ1) is 12.2. The minimum absolute atomic E-state index is 0.00655. The van der Waals surface area contributed by atoms with Crippen molar-refractivity contribution in [2.75, 3.05) is 19.7 Å². The second kappa shape index (κ2) is 8.58. The molecule has 1 fully saturated rings. The first kappa shape index (κ1) is 17.4. The number of aromatic nitrogens is 1. The van der Waals surface area contributed by atoms with Crippen LogP contribution in [0.1, 0.15) is 18.4 Å². The number of piperidine rings is 1. The Morgan fingerprint density at radius 2 is 2.24 bits per heavy atom. The Hall–Kier alpha value is -2.47. The van der Waals surface area contributed by atoms with E-state index >= 15 is 0 Å². The lowest BCUT2D eigenvalue weighted by Crippen LogP contribution is -2.45. The van der Waals surface area contributed by atoms with Crippen LogP contribution < -0.4 is 4.74 Å². The maximum atomic E-state index is 13.1. The van der Waals surface area contributed by atoms with Crippen molar-refractivity contribution in [2.45, 2.75) is 25.6 Å². The quantitative estimate of drug-likeness (QED) is 0.809. The Kier molecular flexibility index (Phi) is 5.95. The first-order valence-electron chi connectivity index (χ1n) is 8.37. The number of rotatable bonds is 6. The second-order valence-corrected chi connectivity index (χ2v) is 6.02. The Morgan fingerprint density at radius 1 is 1.32 bits per heavy atom. The Labute approximate surface area is 146 Å². The maximum Gasteiger partial charge on any atom is 0.260 e. The van der Waals surface area contributed by atoms with Crippen molar-refractivity contribution < 1.29 is 18.7 Å². The summed E-state index contributed by atoms with van der Waals surface area (Å²) in [7, 11) is 0. The summed E-state index contributed by atoms with van der Waals surface area (Å²) in [6, 6.07) is 9.63. The molecule has 0 unspecified atom stereocenters. The molecule has 1 aliphatic heterocycles.